The maximum Gasteiger partial charge on any atom is 0.267 e. The van der Waals surface area contributed by atoms with Gasteiger partial charge in [-0.05, 0) is 60.8 Å². The van der Waals surface area contributed by atoms with Crippen LogP contribution in [-0.2, 0) is 21.2 Å². The number of amides is 1. The second-order valence-corrected chi connectivity index (χ2v) is 8.83. The molecule has 3 N–H and O–H groups in total. The van der Waals surface area contributed by atoms with E-state index in [-0.39, 0.29) is 21.7 Å². The maximum absolute atomic E-state index is 12.6. The fourth-order valence-electron chi connectivity index (χ4n) is 2.35. The van der Waals surface area contributed by atoms with E-state index in [2.05, 4.69) is 15.4 Å². The van der Waals surface area contributed by atoms with Gasteiger partial charge in [-0.25, -0.2) is 8.42 Å². The molecule has 0 spiro atoms. The molecule has 1 amide bonds. The third kappa shape index (κ3) is 7.15. The third-order valence-electron chi connectivity index (χ3n) is 3.71. The van der Waals surface area contributed by atoms with Gasteiger partial charge in [0.15, 0.2) is 5.11 Å². The third-order valence-corrected chi connectivity index (χ3v) is 6.35. The van der Waals surface area contributed by atoms with E-state index in [1.807, 2.05) is 17.5 Å². The van der Waals surface area contributed by atoms with Crippen LogP contribution >= 0.6 is 23.6 Å². The van der Waals surface area contributed by atoms with Crippen LogP contribution in [0.15, 0.2) is 46.7 Å². The summed E-state index contributed by atoms with van der Waals surface area (Å²) in [6.45, 7) is 2.46. The summed E-state index contributed by atoms with van der Waals surface area (Å²) in [5, 5.41) is 7.28. The van der Waals surface area contributed by atoms with E-state index in [0.29, 0.717) is 19.6 Å². The highest BCUT2D eigenvalue weighted by Gasteiger charge is 2.21. The minimum atomic E-state index is -3.90. The predicted molar refractivity (Wildman–Crippen MR) is 120 cm³/mol. The zero-order valence-electron chi connectivity index (χ0n) is 16.1. The quantitative estimate of drug-likeness (QED) is 0.398. The van der Waals surface area contributed by atoms with Gasteiger partial charge in [-0.15, -0.1) is 11.3 Å². The van der Waals surface area contributed by atoms with Gasteiger partial charge in [-0.2, -0.15) is 0 Å². The molecule has 0 aliphatic carbocycles. The molecule has 156 valence electrons. The van der Waals surface area contributed by atoms with Gasteiger partial charge >= 0.3 is 0 Å². The molecule has 2 rings (SSSR count). The molecule has 1 heterocycles. The highest BCUT2D eigenvalue weighted by molar-refractivity contribution is 7.92. The van der Waals surface area contributed by atoms with Crippen LogP contribution in [0.2, 0.25) is 0 Å². The number of ether oxygens (including phenoxy) is 1. The number of carbonyl (C=O) groups is 1. The van der Waals surface area contributed by atoms with Gasteiger partial charge < -0.3 is 15.4 Å². The number of hydrogen-bond donors (Lipinski definition) is 3. The molecule has 0 fully saturated rings. The molecule has 7 nitrogen and oxygen atoms in total. The van der Waals surface area contributed by atoms with Gasteiger partial charge in [-0.3, -0.25) is 9.52 Å². The van der Waals surface area contributed by atoms with Crippen molar-refractivity contribution in [3.05, 3.63) is 52.2 Å². The Labute approximate surface area is 180 Å². The summed E-state index contributed by atoms with van der Waals surface area (Å²) in [4.78, 5) is 12.9. The number of benzene rings is 1. The summed E-state index contributed by atoms with van der Waals surface area (Å²) in [5.74, 6) is 0.0313. The molecule has 0 aliphatic rings. The molecule has 1 aromatic heterocycles. The highest BCUT2D eigenvalue weighted by atomic mass is 32.2. The molecule has 10 heteroatoms. The van der Waals surface area contributed by atoms with Gasteiger partial charge in [0.2, 0.25) is 5.91 Å². The molecular formula is C19H23N3O4S3. The Hall–Kier alpha value is -2.43. The van der Waals surface area contributed by atoms with Crippen LogP contribution in [0.5, 0.6) is 5.75 Å². The molecule has 0 saturated heterocycles. The molecule has 0 aliphatic heterocycles. The van der Waals surface area contributed by atoms with Crippen LogP contribution in [0.25, 0.3) is 6.08 Å². The fraction of sp³-hybridized carbons (Fsp3) is 0.263. The summed E-state index contributed by atoms with van der Waals surface area (Å²) < 4.78 is 33.0. The monoisotopic (exact) mass is 453 g/mol. The summed E-state index contributed by atoms with van der Waals surface area (Å²) >= 11 is 6.45. The van der Waals surface area contributed by atoms with Crippen molar-refractivity contribution in [2.45, 2.75) is 18.2 Å². The van der Waals surface area contributed by atoms with Gasteiger partial charge in [0.1, 0.15) is 10.6 Å². The lowest BCUT2D eigenvalue weighted by atomic mass is 10.1. The molecule has 0 unspecified atom stereocenters. The second-order valence-electron chi connectivity index (χ2n) is 5.79. The van der Waals surface area contributed by atoms with Gasteiger partial charge in [-0.1, -0.05) is 12.1 Å². The number of sulfonamides is 1. The highest BCUT2D eigenvalue weighted by Crippen LogP contribution is 2.25. The molecule has 0 saturated carbocycles. The molecule has 0 radical (unpaired) electrons. The molecule has 0 bridgehead atoms. The lowest BCUT2D eigenvalue weighted by Crippen LogP contribution is -2.37. The standard InChI is InChI=1S/C19H23N3O4S3/c1-3-26-16-8-6-14(13-17(16)29(24,25)22-19(27)20-2)10-11-21-18(23)9-7-15-5-4-12-28-15/h4-9,12-13H,3,10-11H2,1-2H3,(H,21,23)(H2,20,22,27). The van der Waals surface area contributed by atoms with Crippen LogP contribution in [-0.4, -0.2) is 39.6 Å². The smallest absolute Gasteiger partial charge is 0.267 e. The van der Waals surface area contributed by atoms with E-state index >= 15 is 0 Å². The normalized spacial score (nSPS) is 11.2. The number of nitrogens with one attached hydrogen (secondary N) is 3. The first kappa shape index (κ1) is 22.9. The SMILES string of the molecule is CCOc1ccc(CCNC(=O)C=Cc2cccs2)cc1S(=O)(=O)NC(=S)NC. The molecule has 1 aromatic carbocycles. The number of hydrogen-bond acceptors (Lipinski definition) is 6. The lowest BCUT2D eigenvalue weighted by molar-refractivity contribution is -0.116. The zero-order valence-corrected chi connectivity index (χ0v) is 18.5. The minimum Gasteiger partial charge on any atom is -0.492 e. The molecular weight excluding hydrogens is 430 g/mol. The first-order valence-corrected chi connectivity index (χ1v) is 11.6. The fourth-order valence-corrected chi connectivity index (χ4v) is 4.46. The first-order valence-electron chi connectivity index (χ1n) is 8.85. The Balaban J connectivity index is 2.05. The van der Waals surface area contributed by atoms with E-state index in [1.54, 1.807) is 36.5 Å². The van der Waals surface area contributed by atoms with Crippen molar-refractivity contribution in [3.63, 3.8) is 0 Å². The number of thiocarbonyl (C=S) groups is 1. The average Bonchev–Trinajstić information content (AvgIpc) is 3.20. The molecule has 0 atom stereocenters. The topological polar surface area (TPSA) is 96.5 Å². The molecule has 29 heavy (non-hydrogen) atoms. The van der Waals surface area contributed by atoms with Crippen molar-refractivity contribution in [3.8, 4) is 5.75 Å². The Morgan fingerprint density at radius 2 is 2.10 bits per heavy atom. The average molecular weight is 454 g/mol. The largest absolute Gasteiger partial charge is 0.492 e. The van der Waals surface area contributed by atoms with Crippen molar-refractivity contribution in [1.29, 1.82) is 0 Å². The van der Waals surface area contributed by atoms with Gasteiger partial charge in [0.05, 0.1) is 6.61 Å². The maximum atomic E-state index is 12.6. The zero-order chi connectivity index (χ0) is 21.3. The Bertz CT molecular complexity index is 971. The summed E-state index contributed by atoms with van der Waals surface area (Å²) in [5.41, 5.74) is 0.742. The van der Waals surface area contributed by atoms with E-state index in [0.717, 1.165) is 10.4 Å². The minimum absolute atomic E-state index is 0.00151. The van der Waals surface area contributed by atoms with E-state index in [9.17, 15) is 13.2 Å². The van der Waals surface area contributed by atoms with E-state index < -0.39 is 10.0 Å². The van der Waals surface area contributed by atoms with E-state index in [4.69, 9.17) is 17.0 Å². The van der Waals surface area contributed by atoms with Gasteiger partial charge in [0, 0.05) is 24.5 Å². The summed E-state index contributed by atoms with van der Waals surface area (Å²) in [7, 11) is -2.37. The Kier molecular flexibility index (Phi) is 8.62. The van der Waals surface area contributed by atoms with Crippen LogP contribution in [0.1, 0.15) is 17.4 Å². The Morgan fingerprint density at radius 1 is 1.31 bits per heavy atom. The van der Waals surface area contributed by atoms with E-state index in [1.165, 1.54) is 19.2 Å². The summed E-state index contributed by atoms with van der Waals surface area (Å²) in [6.07, 6.45) is 3.68. The molecule has 2 aromatic rings. The van der Waals surface area contributed by atoms with Crippen molar-refractivity contribution >= 4 is 50.7 Å². The number of thiophene rings is 1. The number of rotatable bonds is 9. The Morgan fingerprint density at radius 3 is 2.76 bits per heavy atom. The first-order chi connectivity index (χ1) is 13.9. The van der Waals surface area contributed by atoms with Crippen molar-refractivity contribution in [2.75, 3.05) is 20.2 Å². The van der Waals surface area contributed by atoms with Crippen LogP contribution in [0.4, 0.5) is 0 Å². The predicted octanol–water partition coefficient (Wildman–Crippen LogP) is 2.30. The van der Waals surface area contributed by atoms with Gasteiger partial charge in [0.25, 0.3) is 10.0 Å². The van der Waals surface area contributed by atoms with Crippen LogP contribution in [0.3, 0.4) is 0 Å². The lowest BCUT2D eigenvalue weighted by Gasteiger charge is -2.14. The van der Waals surface area contributed by atoms with Crippen molar-refractivity contribution < 1.29 is 17.9 Å². The van der Waals surface area contributed by atoms with Crippen molar-refractivity contribution in [1.82, 2.24) is 15.4 Å². The second kappa shape index (κ2) is 10.9. The summed E-state index contributed by atoms with van der Waals surface area (Å²) in [6, 6.07) is 8.74. The van der Waals surface area contributed by atoms with Crippen LogP contribution in [0, 0.1) is 0 Å². The van der Waals surface area contributed by atoms with Crippen molar-refractivity contribution in [2.24, 2.45) is 0 Å². The number of carbonyl (C=O) groups excluding carboxylic acids is 1. The van der Waals surface area contributed by atoms with Crippen LogP contribution < -0.4 is 20.1 Å².